The Morgan fingerprint density at radius 3 is 2.79 bits per heavy atom. The second-order valence-corrected chi connectivity index (χ2v) is 6.67. The van der Waals surface area contributed by atoms with Crippen molar-refractivity contribution in [1.82, 2.24) is 20.8 Å². The summed E-state index contributed by atoms with van der Waals surface area (Å²) < 4.78 is 5.65. The van der Waals surface area contributed by atoms with E-state index in [0.29, 0.717) is 23.5 Å². The van der Waals surface area contributed by atoms with E-state index in [1.54, 1.807) is 36.0 Å². The largest absolute Gasteiger partial charge is 0.487 e. The van der Waals surface area contributed by atoms with E-state index in [1.807, 2.05) is 29.6 Å². The van der Waals surface area contributed by atoms with Crippen LogP contribution in [0, 0.1) is 0 Å². The van der Waals surface area contributed by atoms with E-state index < -0.39 is 11.8 Å². The second kappa shape index (κ2) is 7.93. The molecule has 0 saturated carbocycles. The van der Waals surface area contributed by atoms with Crippen molar-refractivity contribution in [2.45, 2.75) is 6.61 Å². The quantitative estimate of drug-likeness (QED) is 0.454. The van der Waals surface area contributed by atoms with Gasteiger partial charge in [0.15, 0.2) is 0 Å². The van der Waals surface area contributed by atoms with Gasteiger partial charge in [-0.2, -0.15) is 0 Å². The molecule has 0 aliphatic rings. The molecule has 8 heteroatoms. The van der Waals surface area contributed by atoms with Crippen LogP contribution < -0.4 is 15.6 Å². The molecule has 2 aromatic heterocycles. The molecule has 0 aliphatic heterocycles. The minimum Gasteiger partial charge on any atom is -0.487 e. The third-order valence-electron chi connectivity index (χ3n) is 4.09. The molecule has 0 spiro atoms. The number of rotatable bonds is 5. The normalized spacial score (nSPS) is 10.6. The Balaban J connectivity index is 1.38. The summed E-state index contributed by atoms with van der Waals surface area (Å²) in [7, 11) is 0. The van der Waals surface area contributed by atoms with Crippen LogP contribution in [0.25, 0.3) is 10.9 Å². The Bertz CT molecular complexity index is 1120. The SMILES string of the molecule is O=C(NNC(=O)c1c[nH]c2ccccc12)c1cccc(OCc2cscn2)c1. The number of aromatic nitrogens is 2. The third kappa shape index (κ3) is 3.86. The molecule has 0 bridgehead atoms. The van der Waals surface area contributed by atoms with Crippen molar-refractivity contribution in [1.29, 1.82) is 0 Å². The summed E-state index contributed by atoms with van der Waals surface area (Å²) in [4.78, 5) is 31.9. The molecule has 0 unspecified atom stereocenters. The molecule has 0 atom stereocenters. The van der Waals surface area contributed by atoms with Crippen molar-refractivity contribution in [3.05, 3.63) is 82.4 Å². The van der Waals surface area contributed by atoms with Gasteiger partial charge in [-0.05, 0) is 24.3 Å². The number of nitrogens with zero attached hydrogens (tertiary/aromatic N) is 1. The fraction of sp³-hybridized carbons (Fsp3) is 0.0500. The van der Waals surface area contributed by atoms with E-state index in [2.05, 4.69) is 20.8 Å². The standard InChI is InChI=1S/C20H16N4O3S/c25-19(13-4-3-5-15(8-13)27-10-14-11-28-12-22-14)23-24-20(26)17-9-21-18-7-2-1-6-16(17)18/h1-9,11-12,21H,10H2,(H,23,25)(H,24,26). The van der Waals surface area contributed by atoms with Crippen LogP contribution >= 0.6 is 11.3 Å². The number of thiazole rings is 1. The Morgan fingerprint density at radius 1 is 1.07 bits per heavy atom. The number of amides is 2. The number of nitrogens with one attached hydrogen (secondary N) is 3. The van der Waals surface area contributed by atoms with Crippen LogP contribution in [-0.4, -0.2) is 21.8 Å². The number of fused-ring (bicyclic) bond motifs is 1. The topological polar surface area (TPSA) is 96.1 Å². The second-order valence-electron chi connectivity index (χ2n) is 5.95. The van der Waals surface area contributed by atoms with Gasteiger partial charge in [0.05, 0.1) is 16.8 Å². The molecule has 4 aromatic rings. The summed E-state index contributed by atoms with van der Waals surface area (Å²) in [5.74, 6) is -0.294. The average molecular weight is 392 g/mol. The van der Waals surface area contributed by atoms with Gasteiger partial charge in [0, 0.05) is 28.0 Å². The van der Waals surface area contributed by atoms with Gasteiger partial charge in [-0.15, -0.1) is 11.3 Å². The minimum absolute atomic E-state index is 0.325. The van der Waals surface area contributed by atoms with E-state index in [4.69, 9.17) is 4.74 Å². The minimum atomic E-state index is -0.438. The summed E-state index contributed by atoms with van der Waals surface area (Å²) in [6.07, 6.45) is 1.61. The predicted octanol–water partition coefficient (Wildman–Crippen LogP) is 3.28. The molecule has 28 heavy (non-hydrogen) atoms. The van der Waals surface area contributed by atoms with Crippen LogP contribution in [-0.2, 0) is 6.61 Å². The van der Waals surface area contributed by atoms with Gasteiger partial charge < -0.3 is 9.72 Å². The van der Waals surface area contributed by atoms with Crippen molar-refractivity contribution in [2.75, 3.05) is 0 Å². The van der Waals surface area contributed by atoms with Crippen molar-refractivity contribution in [3.8, 4) is 5.75 Å². The smallest absolute Gasteiger partial charge is 0.271 e. The third-order valence-corrected chi connectivity index (χ3v) is 4.73. The lowest BCUT2D eigenvalue weighted by molar-refractivity contribution is 0.0847. The molecule has 0 radical (unpaired) electrons. The predicted molar refractivity (Wildman–Crippen MR) is 106 cm³/mol. The van der Waals surface area contributed by atoms with Gasteiger partial charge in [0.1, 0.15) is 12.4 Å². The van der Waals surface area contributed by atoms with Gasteiger partial charge in [-0.1, -0.05) is 24.3 Å². The van der Waals surface area contributed by atoms with E-state index in [1.165, 1.54) is 11.3 Å². The van der Waals surface area contributed by atoms with E-state index in [9.17, 15) is 9.59 Å². The summed E-state index contributed by atoms with van der Waals surface area (Å²) >= 11 is 1.49. The van der Waals surface area contributed by atoms with Gasteiger partial charge in [-0.3, -0.25) is 20.4 Å². The molecule has 2 heterocycles. The van der Waals surface area contributed by atoms with Gasteiger partial charge in [0.2, 0.25) is 0 Å². The lowest BCUT2D eigenvalue weighted by atomic mass is 10.2. The van der Waals surface area contributed by atoms with Crippen molar-refractivity contribution in [2.24, 2.45) is 0 Å². The first kappa shape index (κ1) is 17.7. The van der Waals surface area contributed by atoms with Gasteiger partial charge in [0.25, 0.3) is 11.8 Å². The zero-order valence-corrected chi connectivity index (χ0v) is 15.5. The molecule has 7 nitrogen and oxygen atoms in total. The van der Waals surface area contributed by atoms with E-state index in [-0.39, 0.29) is 0 Å². The Labute approximate surface area is 164 Å². The number of H-pyrrole nitrogens is 1. The number of hydrazine groups is 1. The fourth-order valence-electron chi connectivity index (χ4n) is 2.71. The highest BCUT2D eigenvalue weighted by molar-refractivity contribution is 7.07. The molecule has 140 valence electrons. The van der Waals surface area contributed by atoms with Crippen molar-refractivity contribution >= 4 is 34.1 Å². The summed E-state index contributed by atoms with van der Waals surface area (Å²) in [6.45, 7) is 0.325. The zero-order valence-electron chi connectivity index (χ0n) is 14.6. The van der Waals surface area contributed by atoms with Crippen LogP contribution in [0.15, 0.2) is 65.6 Å². The monoisotopic (exact) mass is 392 g/mol. The molecule has 2 amide bonds. The van der Waals surface area contributed by atoms with Crippen molar-refractivity contribution in [3.63, 3.8) is 0 Å². The number of benzene rings is 2. The number of para-hydroxylation sites is 1. The Morgan fingerprint density at radius 2 is 1.93 bits per heavy atom. The first-order valence-electron chi connectivity index (χ1n) is 8.47. The van der Waals surface area contributed by atoms with E-state index >= 15 is 0 Å². The number of hydrogen-bond acceptors (Lipinski definition) is 5. The lowest BCUT2D eigenvalue weighted by Gasteiger charge is -2.09. The molecule has 0 fully saturated rings. The number of hydrogen-bond donors (Lipinski definition) is 3. The molecule has 3 N–H and O–H groups in total. The highest BCUT2D eigenvalue weighted by Gasteiger charge is 2.13. The van der Waals surface area contributed by atoms with E-state index in [0.717, 1.165) is 16.6 Å². The number of ether oxygens (including phenoxy) is 1. The van der Waals surface area contributed by atoms with Crippen molar-refractivity contribution < 1.29 is 14.3 Å². The summed E-state index contributed by atoms with van der Waals surface area (Å²) in [5.41, 5.74) is 9.11. The van der Waals surface area contributed by atoms with Crippen LogP contribution in [0.4, 0.5) is 0 Å². The van der Waals surface area contributed by atoms with Gasteiger partial charge >= 0.3 is 0 Å². The van der Waals surface area contributed by atoms with Crippen LogP contribution in [0.3, 0.4) is 0 Å². The molecule has 4 rings (SSSR count). The van der Waals surface area contributed by atoms with Gasteiger partial charge in [-0.25, -0.2) is 4.98 Å². The number of carbonyl (C=O) groups is 2. The number of aromatic amines is 1. The summed E-state index contributed by atoms with van der Waals surface area (Å²) in [5, 5.41) is 2.68. The van der Waals surface area contributed by atoms with Crippen LogP contribution in [0.2, 0.25) is 0 Å². The maximum absolute atomic E-state index is 12.4. The first-order chi connectivity index (χ1) is 13.7. The average Bonchev–Trinajstić information content (AvgIpc) is 3.40. The Kier molecular flexibility index (Phi) is 5.03. The zero-order chi connectivity index (χ0) is 19.3. The summed E-state index contributed by atoms with van der Waals surface area (Å²) in [6, 6.07) is 14.2. The molecule has 0 aliphatic carbocycles. The molecule has 2 aromatic carbocycles. The lowest BCUT2D eigenvalue weighted by Crippen LogP contribution is -2.41. The Hall–Kier alpha value is -3.65. The number of carbonyl (C=O) groups excluding carboxylic acids is 2. The highest BCUT2D eigenvalue weighted by atomic mass is 32.1. The molecule has 0 saturated heterocycles. The fourth-order valence-corrected chi connectivity index (χ4v) is 3.25. The molecular formula is C20H16N4O3S. The highest BCUT2D eigenvalue weighted by Crippen LogP contribution is 2.18. The van der Waals surface area contributed by atoms with Crippen LogP contribution in [0.5, 0.6) is 5.75 Å². The van der Waals surface area contributed by atoms with Crippen LogP contribution in [0.1, 0.15) is 26.4 Å². The maximum atomic E-state index is 12.4. The first-order valence-corrected chi connectivity index (χ1v) is 9.42. The maximum Gasteiger partial charge on any atom is 0.271 e. The molecular weight excluding hydrogens is 376 g/mol.